The zero-order valence-corrected chi connectivity index (χ0v) is 14.2. The quantitative estimate of drug-likeness (QED) is 0.653. The number of carbonyl (C=O) groups excluding carboxylic acids is 1. The van der Waals surface area contributed by atoms with Crippen LogP contribution in [0, 0.1) is 12.7 Å². The summed E-state index contributed by atoms with van der Waals surface area (Å²) in [6.07, 6.45) is 1.46. The van der Waals surface area contributed by atoms with Crippen molar-refractivity contribution in [3.63, 3.8) is 0 Å². The van der Waals surface area contributed by atoms with Gasteiger partial charge in [-0.1, -0.05) is 29.8 Å². The number of hydrogen-bond acceptors (Lipinski definition) is 5. The molecule has 8 heteroatoms. The molecule has 0 unspecified atom stereocenters. The predicted octanol–water partition coefficient (Wildman–Crippen LogP) is 3.12. The summed E-state index contributed by atoms with van der Waals surface area (Å²) >= 11 is 0. The molecular formula is C19H15FN4O3. The summed E-state index contributed by atoms with van der Waals surface area (Å²) in [5.74, 6) is -3.12. The lowest BCUT2D eigenvalue weighted by Gasteiger charge is -2.09. The molecular weight excluding hydrogens is 351 g/mol. The average molecular weight is 366 g/mol. The fourth-order valence-corrected chi connectivity index (χ4v) is 2.39. The summed E-state index contributed by atoms with van der Waals surface area (Å²) in [5.41, 5.74) is 7.52. The van der Waals surface area contributed by atoms with Crippen molar-refractivity contribution in [2.75, 3.05) is 11.1 Å². The molecule has 1 heterocycles. The van der Waals surface area contributed by atoms with E-state index in [0.29, 0.717) is 5.69 Å². The maximum Gasteiger partial charge on any atom is 0.338 e. The summed E-state index contributed by atoms with van der Waals surface area (Å²) in [4.78, 5) is 31.6. The molecule has 0 atom stereocenters. The van der Waals surface area contributed by atoms with Gasteiger partial charge in [-0.15, -0.1) is 0 Å². The number of amides is 1. The lowest BCUT2D eigenvalue weighted by Crippen LogP contribution is -2.17. The third-order valence-electron chi connectivity index (χ3n) is 3.82. The molecule has 3 aromatic rings. The predicted molar refractivity (Wildman–Crippen MR) is 97.9 cm³/mol. The van der Waals surface area contributed by atoms with Crippen molar-refractivity contribution >= 4 is 23.4 Å². The molecule has 7 nitrogen and oxygen atoms in total. The molecule has 0 aliphatic carbocycles. The number of carboxylic acids is 1. The Kier molecular flexibility index (Phi) is 4.80. The van der Waals surface area contributed by atoms with Crippen LogP contribution in [0.4, 0.5) is 15.9 Å². The third-order valence-corrected chi connectivity index (χ3v) is 3.82. The second-order valence-electron chi connectivity index (χ2n) is 5.81. The molecule has 0 radical (unpaired) electrons. The first-order chi connectivity index (χ1) is 12.8. The first-order valence-corrected chi connectivity index (χ1v) is 7.89. The number of hydrogen-bond donors (Lipinski definition) is 3. The van der Waals surface area contributed by atoms with Crippen LogP contribution in [0.5, 0.6) is 0 Å². The zero-order chi connectivity index (χ0) is 19.6. The first kappa shape index (κ1) is 18.0. The van der Waals surface area contributed by atoms with Gasteiger partial charge in [0.1, 0.15) is 5.82 Å². The standard InChI is InChI=1S/C19H15FN4O3/c1-10-2-4-11(5-3-10)15-9-22-17(21)16(24-15)18(25)23-12-6-7-13(19(26)27)14(20)8-12/h2-9H,1H3,(H2,21,22)(H,23,25)(H,26,27). The lowest BCUT2D eigenvalue weighted by atomic mass is 10.1. The van der Waals surface area contributed by atoms with Crippen molar-refractivity contribution < 1.29 is 19.1 Å². The number of halogens is 1. The number of rotatable bonds is 4. The van der Waals surface area contributed by atoms with E-state index < -0.39 is 23.3 Å². The Morgan fingerprint density at radius 2 is 1.85 bits per heavy atom. The summed E-state index contributed by atoms with van der Waals surface area (Å²) in [6, 6.07) is 10.7. The van der Waals surface area contributed by atoms with Crippen molar-refractivity contribution in [1.29, 1.82) is 0 Å². The number of nitrogen functional groups attached to an aromatic ring is 1. The van der Waals surface area contributed by atoms with E-state index in [-0.39, 0.29) is 17.2 Å². The minimum Gasteiger partial charge on any atom is -0.478 e. The molecule has 0 bridgehead atoms. The van der Waals surface area contributed by atoms with Crippen LogP contribution >= 0.6 is 0 Å². The summed E-state index contributed by atoms with van der Waals surface area (Å²) in [5, 5.41) is 11.3. The molecule has 0 fully saturated rings. The number of nitrogens with one attached hydrogen (secondary N) is 1. The van der Waals surface area contributed by atoms with Crippen LogP contribution in [0.1, 0.15) is 26.4 Å². The van der Waals surface area contributed by atoms with Gasteiger partial charge in [0.05, 0.1) is 17.5 Å². The Balaban J connectivity index is 1.88. The van der Waals surface area contributed by atoms with E-state index in [4.69, 9.17) is 10.8 Å². The fourth-order valence-electron chi connectivity index (χ4n) is 2.39. The van der Waals surface area contributed by atoms with E-state index in [0.717, 1.165) is 23.3 Å². The minimum atomic E-state index is -1.40. The van der Waals surface area contributed by atoms with Gasteiger partial charge in [-0.05, 0) is 25.1 Å². The van der Waals surface area contributed by atoms with Gasteiger partial charge in [-0.25, -0.2) is 19.2 Å². The molecule has 0 saturated carbocycles. The van der Waals surface area contributed by atoms with Crippen molar-refractivity contribution in [2.24, 2.45) is 0 Å². The van der Waals surface area contributed by atoms with E-state index in [1.165, 1.54) is 12.3 Å². The number of aryl methyl sites for hydroxylation is 1. The Morgan fingerprint density at radius 1 is 1.15 bits per heavy atom. The zero-order valence-electron chi connectivity index (χ0n) is 14.2. The fraction of sp³-hybridized carbons (Fsp3) is 0.0526. The smallest absolute Gasteiger partial charge is 0.338 e. The number of nitrogens with zero attached hydrogens (tertiary/aromatic N) is 2. The van der Waals surface area contributed by atoms with Gasteiger partial charge in [0.15, 0.2) is 11.5 Å². The Hall–Kier alpha value is -3.81. The third kappa shape index (κ3) is 3.90. The summed E-state index contributed by atoms with van der Waals surface area (Å²) in [7, 11) is 0. The van der Waals surface area contributed by atoms with Gasteiger partial charge in [-0.3, -0.25) is 4.79 Å². The monoisotopic (exact) mass is 366 g/mol. The Morgan fingerprint density at radius 3 is 2.48 bits per heavy atom. The van der Waals surface area contributed by atoms with Crippen LogP contribution in [-0.2, 0) is 0 Å². The summed E-state index contributed by atoms with van der Waals surface area (Å²) < 4.78 is 13.8. The number of aromatic nitrogens is 2. The second-order valence-corrected chi connectivity index (χ2v) is 5.81. The number of carboxylic acid groups (broad SMARTS) is 1. The van der Waals surface area contributed by atoms with Crippen LogP contribution < -0.4 is 11.1 Å². The molecule has 2 aromatic carbocycles. The highest BCUT2D eigenvalue weighted by Gasteiger charge is 2.17. The van der Waals surface area contributed by atoms with E-state index in [2.05, 4.69) is 15.3 Å². The second kappa shape index (κ2) is 7.20. The summed E-state index contributed by atoms with van der Waals surface area (Å²) in [6.45, 7) is 1.95. The van der Waals surface area contributed by atoms with Gasteiger partial charge < -0.3 is 16.2 Å². The van der Waals surface area contributed by atoms with Crippen molar-refractivity contribution in [3.05, 3.63) is 71.3 Å². The minimum absolute atomic E-state index is 0.0736. The topological polar surface area (TPSA) is 118 Å². The number of carbonyl (C=O) groups is 2. The molecule has 0 aliphatic rings. The highest BCUT2D eigenvalue weighted by atomic mass is 19.1. The number of nitrogens with two attached hydrogens (primary N) is 1. The SMILES string of the molecule is Cc1ccc(-c2cnc(N)c(C(=O)Nc3ccc(C(=O)O)c(F)c3)n2)cc1. The van der Waals surface area contributed by atoms with E-state index in [1.54, 1.807) is 0 Å². The molecule has 0 spiro atoms. The molecule has 3 rings (SSSR count). The van der Waals surface area contributed by atoms with Crippen molar-refractivity contribution in [1.82, 2.24) is 9.97 Å². The van der Waals surface area contributed by atoms with Gasteiger partial charge >= 0.3 is 5.97 Å². The normalized spacial score (nSPS) is 10.4. The molecule has 1 amide bonds. The first-order valence-electron chi connectivity index (χ1n) is 7.89. The van der Waals surface area contributed by atoms with Crippen molar-refractivity contribution in [3.8, 4) is 11.3 Å². The van der Waals surface area contributed by atoms with Gasteiger partial charge in [0, 0.05) is 11.3 Å². The highest BCUT2D eigenvalue weighted by molar-refractivity contribution is 6.06. The number of anilines is 2. The Labute approximate surface area is 153 Å². The van der Waals surface area contributed by atoms with E-state index >= 15 is 0 Å². The molecule has 27 heavy (non-hydrogen) atoms. The van der Waals surface area contributed by atoms with E-state index in [1.807, 2.05) is 31.2 Å². The van der Waals surface area contributed by atoms with Crippen molar-refractivity contribution in [2.45, 2.75) is 6.92 Å². The Bertz CT molecular complexity index is 1040. The average Bonchev–Trinajstić information content (AvgIpc) is 2.62. The van der Waals surface area contributed by atoms with Crippen LogP contribution in [0.15, 0.2) is 48.7 Å². The molecule has 0 aliphatic heterocycles. The maximum atomic E-state index is 13.8. The van der Waals surface area contributed by atoms with Gasteiger partial charge in [-0.2, -0.15) is 0 Å². The van der Waals surface area contributed by atoms with Crippen LogP contribution in [0.2, 0.25) is 0 Å². The van der Waals surface area contributed by atoms with E-state index in [9.17, 15) is 14.0 Å². The molecule has 0 saturated heterocycles. The number of benzene rings is 2. The maximum absolute atomic E-state index is 13.8. The molecule has 4 N–H and O–H groups in total. The molecule has 136 valence electrons. The van der Waals surface area contributed by atoms with Gasteiger partial charge in [0.25, 0.3) is 5.91 Å². The largest absolute Gasteiger partial charge is 0.478 e. The van der Waals surface area contributed by atoms with Crippen LogP contribution in [0.3, 0.4) is 0 Å². The highest BCUT2D eigenvalue weighted by Crippen LogP contribution is 2.20. The number of aromatic carboxylic acids is 1. The van der Waals surface area contributed by atoms with Crippen LogP contribution in [-0.4, -0.2) is 27.0 Å². The van der Waals surface area contributed by atoms with Crippen LogP contribution in [0.25, 0.3) is 11.3 Å². The lowest BCUT2D eigenvalue weighted by molar-refractivity contribution is 0.0692. The van der Waals surface area contributed by atoms with Gasteiger partial charge in [0.2, 0.25) is 0 Å². The molecule has 1 aromatic heterocycles.